The van der Waals surface area contributed by atoms with Crippen molar-refractivity contribution in [2.45, 2.75) is 64.0 Å². The summed E-state index contributed by atoms with van der Waals surface area (Å²) >= 11 is 0. The molecule has 1 aliphatic carbocycles. The number of anilines is 1. The van der Waals surface area contributed by atoms with Crippen LogP contribution >= 0.6 is 0 Å². The number of nitrogens with zero attached hydrogens (tertiary/aromatic N) is 5. The van der Waals surface area contributed by atoms with Gasteiger partial charge in [-0.25, -0.2) is 14.4 Å². The molecule has 0 spiro atoms. The van der Waals surface area contributed by atoms with Gasteiger partial charge in [0.05, 0.1) is 12.6 Å². The molecule has 3 aromatic rings. The Balaban J connectivity index is 1.42. The molecule has 9 nitrogen and oxygen atoms in total. The number of benzene rings is 1. The number of piperidine rings is 1. The smallest absolute Gasteiger partial charge is 0.226 e. The van der Waals surface area contributed by atoms with E-state index in [2.05, 4.69) is 36.2 Å². The first-order valence-electron chi connectivity index (χ1n) is 12.0. The Labute approximate surface area is 197 Å². The third-order valence-corrected chi connectivity index (χ3v) is 7.46. The number of carbonyl (C=O) groups excluding carboxylic acids is 1. The van der Waals surface area contributed by atoms with Gasteiger partial charge >= 0.3 is 0 Å². The number of nitrogen functional groups attached to an aromatic ring is 1. The predicted molar refractivity (Wildman–Crippen MR) is 127 cm³/mol. The fourth-order valence-electron chi connectivity index (χ4n) is 5.61. The van der Waals surface area contributed by atoms with E-state index in [1.54, 1.807) is 0 Å². The summed E-state index contributed by atoms with van der Waals surface area (Å²) in [5, 5.41) is 8.63. The average molecular weight is 470 g/mol. The summed E-state index contributed by atoms with van der Waals surface area (Å²) in [7, 11) is 1.41. The molecule has 0 radical (unpaired) electrons. The molecule has 5 rings (SSSR count). The van der Waals surface area contributed by atoms with Gasteiger partial charge < -0.3 is 20.7 Å². The first-order chi connectivity index (χ1) is 16.2. The van der Waals surface area contributed by atoms with Crippen molar-refractivity contribution in [3.05, 3.63) is 23.8 Å². The number of hydrogen-bond donors (Lipinski definition) is 2. The Morgan fingerprint density at radius 3 is 2.79 bits per heavy atom. The molecule has 3 N–H and O–H groups in total. The summed E-state index contributed by atoms with van der Waals surface area (Å²) in [6, 6.07) is 3.05. The van der Waals surface area contributed by atoms with Crippen LogP contribution in [0, 0.1) is 11.7 Å². The number of aromatic nitrogens is 4. The number of ether oxygens (including phenoxy) is 1. The topological polar surface area (TPSA) is 111 Å². The first-order valence-corrected chi connectivity index (χ1v) is 12.0. The number of amides is 1. The normalized spacial score (nSPS) is 27.2. The molecule has 1 amide bonds. The van der Waals surface area contributed by atoms with Crippen molar-refractivity contribution < 1.29 is 13.9 Å². The average Bonchev–Trinajstić information content (AvgIpc) is 3.24. The van der Waals surface area contributed by atoms with Crippen LogP contribution < -0.4 is 15.8 Å². The van der Waals surface area contributed by atoms with Crippen LogP contribution in [-0.2, 0) is 4.79 Å². The molecule has 0 unspecified atom stereocenters. The van der Waals surface area contributed by atoms with E-state index in [-0.39, 0.29) is 41.0 Å². The van der Waals surface area contributed by atoms with Gasteiger partial charge in [-0.15, -0.1) is 5.10 Å². The molecular weight excluding hydrogens is 437 g/mol. The lowest BCUT2D eigenvalue weighted by molar-refractivity contribution is -0.144. The molecule has 3 heterocycles. The highest BCUT2D eigenvalue weighted by atomic mass is 19.1. The summed E-state index contributed by atoms with van der Waals surface area (Å²) in [5.41, 5.74) is 7.15. The minimum Gasteiger partial charge on any atom is -0.494 e. The SMILES string of the molecule is CCNC1(C)CC(C(=O)N2C[C@H](c3nc4c5cc(F)c(OC)cc5nc(N)n4n3)CC[C@@H]2C)C1. The van der Waals surface area contributed by atoms with Crippen molar-refractivity contribution in [3.63, 3.8) is 0 Å². The molecule has 1 saturated heterocycles. The number of halogens is 1. The highest BCUT2D eigenvalue weighted by molar-refractivity contribution is 5.93. The molecule has 0 bridgehead atoms. The molecule has 2 fully saturated rings. The van der Waals surface area contributed by atoms with Crippen molar-refractivity contribution >= 4 is 28.4 Å². The van der Waals surface area contributed by atoms with Crippen molar-refractivity contribution in [2.24, 2.45) is 5.92 Å². The van der Waals surface area contributed by atoms with Gasteiger partial charge in [0.15, 0.2) is 23.0 Å². The molecule has 10 heteroatoms. The van der Waals surface area contributed by atoms with E-state index in [4.69, 9.17) is 15.5 Å². The number of likely N-dealkylation sites (tertiary alicyclic amines) is 1. The van der Waals surface area contributed by atoms with Gasteiger partial charge in [-0.3, -0.25) is 4.79 Å². The fraction of sp³-hybridized carbons (Fsp3) is 0.583. The minimum atomic E-state index is -0.499. The second-order valence-electron chi connectivity index (χ2n) is 9.99. The number of fused-ring (bicyclic) bond motifs is 3. The molecule has 1 saturated carbocycles. The maximum Gasteiger partial charge on any atom is 0.226 e. The number of nitrogens with two attached hydrogens (primary N) is 1. The first kappa shape index (κ1) is 22.8. The van der Waals surface area contributed by atoms with Crippen LogP contribution in [0.15, 0.2) is 12.1 Å². The summed E-state index contributed by atoms with van der Waals surface area (Å²) < 4.78 is 20.9. The van der Waals surface area contributed by atoms with Crippen LogP contribution in [0.1, 0.15) is 58.2 Å². The van der Waals surface area contributed by atoms with Crippen LogP contribution in [0.5, 0.6) is 5.75 Å². The molecule has 1 aliphatic heterocycles. The third kappa shape index (κ3) is 3.73. The summed E-state index contributed by atoms with van der Waals surface area (Å²) in [6.45, 7) is 7.86. The van der Waals surface area contributed by atoms with Crippen molar-refractivity contribution in [3.8, 4) is 5.75 Å². The van der Waals surface area contributed by atoms with Crippen molar-refractivity contribution in [2.75, 3.05) is 25.9 Å². The van der Waals surface area contributed by atoms with Crippen molar-refractivity contribution in [1.82, 2.24) is 29.8 Å². The van der Waals surface area contributed by atoms with Gasteiger partial charge in [0.25, 0.3) is 0 Å². The van der Waals surface area contributed by atoms with Crippen LogP contribution in [0.2, 0.25) is 0 Å². The maximum absolute atomic E-state index is 14.4. The summed E-state index contributed by atoms with van der Waals surface area (Å²) in [4.78, 5) is 24.4. The van der Waals surface area contributed by atoms with Crippen LogP contribution in [-0.4, -0.2) is 62.2 Å². The van der Waals surface area contributed by atoms with E-state index in [9.17, 15) is 9.18 Å². The highest BCUT2D eigenvalue weighted by Gasteiger charge is 2.46. The minimum absolute atomic E-state index is 0.0159. The Kier molecular flexibility index (Phi) is 5.58. The maximum atomic E-state index is 14.4. The van der Waals surface area contributed by atoms with Crippen LogP contribution in [0.3, 0.4) is 0 Å². The zero-order valence-electron chi connectivity index (χ0n) is 20.1. The second-order valence-corrected chi connectivity index (χ2v) is 9.99. The van der Waals surface area contributed by atoms with Gasteiger partial charge in [0.2, 0.25) is 11.9 Å². The Morgan fingerprint density at radius 2 is 2.09 bits per heavy atom. The van der Waals surface area contributed by atoms with E-state index >= 15 is 0 Å². The number of methoxy groups -OCH3 is 1. The van der Waals surface area contributed by atoms with Gasteiger partial charge in [-0.05, 0) is 52.1 Å². The predicted octanol–water partition coefficient (Wildman–Crippen LogP) is 2.88. The lowest BCUT2D eigenvalue weighted by atomic mass is 9.68. The lowest BCUT2D eigenvalue weighted by Crippen LogP contribution is -2.58. The quantitative estimate of drug-likeness (QED) is 0.591. The number of carbonyl (C=O) groups is 1. The standard InChI is InChI=1S/C24H32FN7O2/c1-5-27-24(3)10-15(11-24)22(33)31-12-14(7-6-13(31)2)20-29-21-16-8-17(25)19(34-4)9-18(16)28-23(26)32(21)30-20/h8-9,13-15,27H,5-7,10-12H2,1-4H3,(H2,26,28)/t13-,14+,15?,24?/m0/s1. The molecular formula is C24H32FN7O2. The molecule has 34 heavy (non-hydrogen) atoms. The summed E-state index contributed by atoms with van der Waals surface area (Å²) in [6.07, 6.45) is 3.48. The number of rotatable bonds is 5. The van der Waals surface area contributed by atoms with E-state index in [1.807, 2.05) is 4.90 Å². The zero-order valence-corrected chi connectivity index (χ0v) is 20.1. The molecule has 1 aromatic carbocycles. The lowest BCUT2D eigenvalue weighted by Gasteiger charge is -2.48. The Hall–Kier alpha value is -3.01. The van der Waals surface area contributed by atoms with Gasteiger partial charge in [0.1, 0.15) is 0 Å². The van der Waals surface area contributed by atoms with Crippen LogP contribution in [0.4, 0.5) is 10.3 Å². The van der Waals surface area contributed by atoms with E-state index in [1.165, 1.54) is 23.8 Å². The molecule has 182 valence electrons. The van der Waals surface area contributed by atoms with Gasteiger partial charge in [-0.1, -0.05) is 6.92 Å². The number of nitrogens with one attached hydrogen (secondary N) is 1. The van der Waals surface area contributed by atoms with Crippen LogP contribution in [0.25, 0.3) is 16.6 Å². The molecule has 2 atom stereocenters. The van der Waals surface area contributed by atoms with E-state index in [0.29, 0.717) is 28.9 Å². The second kappa shape index (κ2) is 8.33. The van der Waals surface area contributed by atoms with Crippen molar-refractivity contribution in [1.29, 1.82) is 0 Å². The fourth-order valence-corrected chi connectivity index (χ4v) is 5.61. The van der Waals surface area contributed by atoms with E-state index < -0.39 is 5.82 Å². The number of hydrogen-bond acceptors (Lipinski definition) is 7. The van der Waals surface area contributed by atoms with Gasteiger partial charge in [-0.2, -0.15) is 4.52 Å². The third-order valence-electron chi connectivity index (χ3n) is 7.46. The molecule has 2 aliphatic rings. The van der Waals surface area contributed by atoms with E-state index in [0.717, 1.165) is 32.2 Å². The monoisotopic (exact) mass is 469 g/mol. The zero-order chi connectivity index (χ0) is 24.2. The summed E-state index contributed by atoms with van der Waals surface area (Å²) in [5.74, 6) is 0.634. The van der Waals surface area contributed by atoms with Gasteiger partial charge in [0, 0.05) is 41.4 Å². The Morgan fingerprint density at radius 1 is 1.32 bits per heavy atom. The Bertz CT molecular complexity index is 1250. The largest absolute Gasteiger partial charge is 0.494 e. The highest BCUT2D eigenvalue weighted by Crippen LogP contribution is 2.40. The molecule has 2 aromatic heterocycles.